The van der Waals surface area contributed by atoms with Crippen LogP contribution in [0.2, 0.25) is 0 Å². The molecule has 4 aromatic rings. The van der Waals surface area contributed by atoms with Crippen LogP contribution in [0.5, 0.6) is 0 Å². The van der Waals surface area contributed by atoms with Gasteiger partial charge in [0, 0.05) is 39.0 Å². The number of ether oxygens (including phenoxy) is 2. The number of carbonyl (C=O) groups excluding carboxylic acids is 1. The molecule has 0 aliphatic carbocycles. The smallest absolute Gasteiger partial charge is 0.297 e. The summed E-state index contributed by atoms with van der Waals surface area (Å²) in [6.07, 6.45) is 0.797. The number of amides is 1. The van der Waals surface area contributed by atoms with Gasteiger partial charge in [0.25, 0.3) is 15.9 Å². The van der Waals surface area contributed by atoms with Crippen LogP contribution in [-0.2, 0) is 25.2 Å². The normalized spacial score (nSPS) is 12.6. The number of nitrogens with one attached hydrogen (secondary N) is 2. The topological polar surface area (TPSA) is 114 Å². The summed E-state index contributed by atoms with van der Waals surface area (Å²) in [6.45, 7) is 0.303. The molecule has 1 atom stereocenters. The van der Waals surface area contributed by atoms with Crippen molar-refractivity contribution in [3.63, 3.8) is 0 Å². The molecule has 2 aromatic heterocycles. The second-order valence-corrected chi connectivity index (χ2v) is 11.3. The van der Waals surface area contributed by atoms with Crippen LogP contribution in [0.3, 0.4) is 0 Å². The third-order valence-corrected chi connectivity index (χ3v) is 8.84. The number of sulfonamides is 1. The van der Waals surface area contributed by atoms with Gasteiger partial charge >= 0.3 is 0 Å². The Morgan fingerprint density at radius 3 is 2.51 bits per heavy atom. The van der Waals surface area contributed by atoms with Gasteiger partial charge in [-0.2, -0.15) is 8.42 Å². The number of hydrogen-bond acceptors (Lipinski definition) is 7. The Morgan fingerprint density at radius 2 is 1.84 bits per heavy atom. The molecule has 196 valence electrons. The lowest BCUT2D eigenvalue weighted by Crippen LogP contribution is -2.39. The molecule has 0 aliphatic heterocycles. The lowest BCUT2D eigenvalue weighted by atomic mass is 10.2. The van der Waals surface area contributed by atoms with Crippen LogP contribution in [-0.4, -0.2) is 58.7 Å². The Kier molecular flexibility index (Phi) is 8.59. The number of H-pyrrole nitrogens is 1. The van der Waals surface area contributed by atoms with E-state index in [2.05, 4.69) is 10.3 Å². The van der Waals surface area contributed by atoms with E-state index in [0.29, 0.717) is 28.8 Å². The number of nitrogens with zero attached hydrogens (tertiary/aromatic N) is 1. The molecule has 0 fully saturated rings. The van der Waals surface area contributed by atoms with Gasteiger partial charge in [-0.1, -0.05) is 42.5 Å². The number of para-hydroxylation sites is 1. The number of fused-ring (bicyclic) bond motifs is 1. The summed E-state index contributed by atoms with van der Waals surface area (Å²) in [5.41, 5.74) is 2.38. The maximum atomic E-state index is 13.1. The van der Waals surface area contributed by atoms with Gasteiger partial charge in [0.15, 0.2) is 6.29 Å². The predicted molar refractivity (Wildman–Crippen MR) is 144 cm³/mol. The number of hydrogen-bond donors (Lipinski definition) is 2. The third-order valence-electron chi connectivity index (χ3n) is 5.87. The maximum Gasteiger partial charge on any atom is 0.297 e. The molecule has 2 N–H and O–H groups in total. The van der Waals surface area contributed by atoms with E-state index in [-0.39, 0.29) is 16.2 Å². The number of thioether (sulfide) groups is 1. The second kappa shape index (κ2) is 11.9. The van der Waals surface area contributed by atoms with E-state index in [4.69, 9.17) is 13.9 Å². The van der Waals surface area contributed by atoms with E-state index >= 15 is 0 Å². The molecule has 0 saturated heterocycles. The summed E-state index contributed by atoms with van der Waals surface area (Å²) in [6, 6.07) is 19.8. The van der Waals surface area contributed by atoms with Crippen LogP contribution < -0.4 is 9.62 Å². The van der Waals surface area contributed by atoms with Gasteiger partial charge in [-0.3, -0.25) is 9.10 Å². The van der Waals surface area contributed by atoms with Crippen molar-refractivity contribution in [2.24, 2.45) is 0 Å². The minimum Gasteiger partial charge on any atom is -0.451 e. The molecule has 0 radical (unpaired) electrons. The first-order valence-corrected chi connectivity index (χ1v) is 14.0. The number of anilines is 1. The fourth-order valence-electron chi connectivity index (χ4n) is 3.90. The molecule has 37 heavy (non-hydrogen) atoms. The molecular weight excluding hydrogens is 514 g/mol. The molecule has 11 heteroatoms. The van der Waals surface area contributed by atoms with Crippen molar-refractivity contribution in [2.75, 3.05) is 32.1 Å². The van der Waals surface area contributed by atoms with Gasteiger partial charge in [0.05, 0.1) is 22.7 Å². The average Bonchev–Trinajstić information content (AvgIpc) is 3.61. The SMILES string of the molecule is COC(OC)C(CNC(=O)c1cc2cccc(N(C)S(=O)(=O)c3ccco3)c2[nH]1)SCc1ccccc1. The number of benzene rings is 2. The van der Waals surface area contributed by atoms with E-state index < -0.39 is 16.3 Å². The lowest BCUT2D eigenvalue weighted by molar-refractivity contribution is -0.101. The van der Waals surface area contributed by atoms with Crippen LogP contribution in [0.4, 0.5) is 5.69 Å². The number of aromatic nitrogens is 1. The van der Waals surface area contributed by atoms with Gasteiger partial charge in [0.2, 0.25) is 5.09 Å². The van der Waals surface area contributed by atoms with Crippen LogP contribution in [0.1, 0.15) is 16.1 Å². The zero-order valence-corrected chi connectivity index (χ0v) is 22.3. The number of furan rings is 1. The van der Waals surface area contributed by atoms with E-state index in [9.17, 15) is 13.2 Å². The Balaban J connectivity index is 1.50. The first-order valence-electron chi connectivity index (χ1n) is 11.5. The summed E-state index contributed by atoms with van der Waals surface area (Å²) < 4.78 is 43.1. The lowest BCUT2D eigenvalue weighted by Gasteiger charge is -2.24. The second-order valence-electron chi connectivity index (χ2n) is 8.21. The summed E-state index contributed by atoms with van der Waals surface area (Å²) in [4.78, 5) is 16.2. The van der Waals surface area contributed by atoms with Crippen molar-refractivity contribution < 1.29 is 27.1 Å². The van der Waals surface area contributed by atoms with E-state index in [0.717, 1.165) is 15.6 Å². The molecule has 0 spiro atoms. The fraction of sp³-hybridized carbons (Fsp3) is 0.269. The van der Waals surface area contributed by atoms with Crippen LogP contribution in [0, 0.1) is 0 Å². The maximum absolute atomic E-state index is 13.1. The molecule has 1 amide bonds. The van der Waals surface area contributed by atoms with Crippen molar-refractivity contribution >= 4 is 44.3 Å². The number of rotatable bonds is 12. The highest BCUT2D eigenvalue weighted by Crippen LogP contribution is 2.30. The highest BCUT2D eigenvalue weighted by molar-refractivity contribution is 7.99. The van der Waals surface area contributed by atoms with Crippen molar-refractivity contribution in [3.8, 4) is 0 Å². The molecule has 0 aliphatic rings. The van der Waals surface area contributed by atoms with Crippen molar-refractivity contribution in [3.05, 3.63) is 84.3 Å². The van der Waals surface area contributed by atoms with E-state index in [1.165, 1.54) is 25.4 Å². The van der Waals surface area contributed by atoms with Gasteiger partial charge in [-0.05, 0) is 29.8 Å². The van der Waals surface area contributed by atoms with Crippen molar-refractivity contribution in [1.29, 1.82) is 0 Å². The highest BCUT2D eigenvalue weighted by atomic mass is 32.2. The number of methoxy groups -OCH3 is 2. The fourth-order valence-corrected chi connectivity index (χ4v) is 6.19. The summed E-state index contributed by atoms with van der Waals surface area (Å²) in [5, 5.41) is 3.32. The zero-order valence-electron chi connectivity index (χ0n) is 20.7. The van der Waals surface area contributed by atoms with Crippen LogP contribution in [0.15, 0.2) is 82.5 Å². The quantitative estimate of drug-likeness (QED) is 0.257. The van der Waals surface area contributed by atoms with Crippen molar-refractivity contribution in [1.82, 2.24) is 10.3 Å². The van der Waals surface area contributed by atoms with Crippen LogP contribution >= 0.6 is 11.8 Å². The third kappa shape index (κ3) is 6.02. The van der Waals surface area contributed by atoms with Gasteiger partial charge in [0.1, 0.15) is 5.69 Å². The van der Waals surface area contributed by atoms with E-state index in [1.807, 2.05) is 36.4 Å². The Morgan fingerprint density at radius 1 is 1.08 bits per heavy atom. The summed E-state index contributed by atoms with van der Waals surface area (Å²) in [7, 11) is 0.676. The van der Waals surface area contributed by atoms with Gasteiger partial charge in [-0.15, -0.1) is 11.8 Å². The molecule has 9 nitrogen and oxygen atoms in total. The monoisotopic (exact) mass is 543 g/mol. The average molecular weight is 544 g/mol. The first kappa shape index (κ1) is 26.8. The molecule has 4 rings (SSSR count). The Bertz CT molecular complexity index is 1420. The minimum absolute atomic E-state index is 0.163. The summed E-state index contributed by atoms with van der Waals surface area (Å²) >= 11 is 1.62. The minimum atomic E-state index is -3.90. The zero-order chi connectivity index (χ0) is 26.4. The van der Waals surface area contributed by atoms with Crippen LogP contribution in [0.25, 0.3) is 10.9 Å². The Labute approximate surface area is 220 Å². The molecule has 2 heterocycles. The standard InChI is InChI=1S/C26H29N3O6S2/c1-29(37(31,32)23-13-8-14-35-23)21-12-7-11-19-15-20(28-24(19)21)25(30)27-16-22(26(33-2)34-3)36-17-18-9-5-4-6-10-18/h4-15,22,26,28H,16-17H2,1-3H3,(H,27,30). The van der Waals surface area contributed by atoms with Gasteiger partial charge in [-0.25, -0.2) is 0 Å². The molecule has 1 unspecified atom stereocenters. The summed E-state index contributed by atoms with van der Waals surface area (Å²) in [5.74, 6) is 0.409. The van der Waals surface area contributed by atoms with Gasteiger partial charge < -0.3 is 24.2 Å². The molecule has 0 bridgehead atoms. The van der Waals surface area contributed by atoms with E-state index in [1.54, 1.807) is 44.2 Å². The highest BCUT2D eigenvalue weighted by Gasteiger charge is 2.27. The van der Waals surface area contributed by atoms with Crippen molar-refractivity contribution in [2.45, 2.75) is 22.4 Å². The first-order chi connectivity index (χ1) is 17.8. The predicted octanol–water partition coefficient (Wildman–Crippen LogP) is 4.24. The molecule has 0 saturated carbocycles. The molecular formula is C26H29N3O6S2. The Hall–Kier alpha value is -3.25. The molecule has 2 aromatic carbocycles. The largest absolute Gasteiger partial charge is 0.451 e. The number of aromatic amines is 1. The number of carbonyl (C=O) groups is 1.